The average molecular weight is 436 g/mol. The van der Waals surface area contributed by atoms with Crippen molar-refractivity contribution >= 4 is 39.2 Å². The predicted molar refractivity (Wildman–Crippen MR) is 123 cm³/mol. The first-order valence-corrected chi connectivity index (χ1v) is 11.3. The van der Waals surface area contributed by atoms with E-state index in [1.165, 1.54) is 11.8 Å². The summed E-state index contributed by atoms with van der Waals surface area (Å²) in [7, 11) is 1.64. The Hall–Kier alpha value is -2.90. The van der Waals surface area contributed by atoms with Crippen LogP contribution >= 0.6 is 23.1 Å². The summed E-state index contributed by atoms with van der Waals surface area (Å²) in [6.45, 7) is 2.37. The quantitative estimate of drug-likeness (QED) is 0.321. The molecule has 1 amide bonds. The highest BCUT2D eigenvalue weighted by molar-refractivity contribution is 8.00. The van der Waals surface area contributed by atoms with Crippen LogP contribution in [-0.2, 0) is 11.3 Å². The summed E-state index contributed by atoms with van der Waals surface area (Å²) in [5.41, 5.74) is 3.25. The fourth-order valence-electron chi connectivity index (χ4n) is 3.06. The Morgan fingerprint density at radius 2 is 1.90 bits per heavy atom. The van der Waals surface area contributed by atoms with E-state index in [2.05, 4.69) is 32.8 Å². The van der Waals surface area contributed by atoms with Gasteiger partial charge in [0.2, 0.25) is 5.91 Å². The third kappa shape index (κ3) is 4.47. The standard InChI is InChI=1S/C23H21N3O2S2/c1-15(21(27)24-12-16-8-10-18(28-2)11-9-16)30-23-20-19(17-6-4-3-5-7-17)13-29-22(20)25-14-26-23/h3-11,13-15H,12H2,1-2H3,(H,24,27). The maximum atomic E-state index is 12.7. The summed E-state index contributed by atoms with van der Waals surface area (Å²) in [5.74, 6) is 0.769. The van der Waals surface area contributed by atoms with Gasteiger partial charge in [0, 0.05) is 17.5 Å². The van der Waals surface area contributed by atoms with Crippen molar-refractivity contribution in [1.29, 1.82) is 0 Å². The number of carbonyl (C=O) groups excluding carboxylic acids is 1. The number of carbonyl (C=O) groups is 1. The lowest BCUT2D eigenvalue weighted by Crippen LogP contribution is -2.30. The van der Waals surface area contributed by atoms with Crippen LogP contribution in [0.15, 0.2) is 71.3 Å². The maximum Gasteiger partial charge on any atom is 0.233 e. The third-order valence-electron chi connectivity index (χ3n) is 4.70. The second kappa shape index (κ2) is 9.28. The van der Waals surface area contributed by atoms with Crippen LogP contribution in [0.1, 0.15) is 12.5 Å². The van der Waals surface area contributed by atoms with Crippen molar-refractivity contribution in [1.82, 2.24) is 15.3 Å². The van der Waals surface area contributed by atoms with Gasteiger partial charge < -0.3 is 10.1 Å². The molecule has 4 rings (SSSR count). The minimum absolute atomic E-state index is 0.0286. The molecular formula is C23H21N3O2S2. The normalized spacial score (nSPS) is 11.9. The van der Waals surface area contributed by atoms with E-state index >= 15 is 0 Å². The second-order valence-electron chi connectivity index (χ2n) is 6.70. The monoisotopic (exact) mass is 435 g/mol. The van der Waals surface area contributed by atoms with Crippen LogP contribution in [0.5, 0.6) is 5.75 Å². The largest absolute Gasteiger partial charge is 0.497 e. The lowest BCUT2D eigenvalue weighted by molar-refractivity contribution is -0.120. The number of nitrogens with zero attached hydrogens (tertiary/aromatic N) is 2. The molecule has 7 heteroatoms. The summed E-state index contributed by atoms with van der Waals surface area (Å²) in [6, 6.07) is 17.9. The Labute approximate surface area is 183 Å². The minimum Gasteiger partial charge on any atom is -0.497 e. The molecule has 4 aromatic rings. The summed E-state index contributed by atoms with van der Waals surface area (Å²) < 4.78 is 5.17. The van der Waals surface area contributed by atoms with Crippen molar-refractivity contribution in [2.75, 3.05) is 7.11 Å². The highest BCUT2D eigenvalue weighted by Gasteiger charge is 2.19. The van der Waals surface area contributed by atoms with Crippen LogP contribution in [0.4, 0.5) is 0 Å². The van der Waals surface area contributed by atoms with Crippen LogP contribution in [0.3, 0.4) is 0 Å². The van der Waals surface area contributed by atoms with Gasteiger partial charge in [0.15, 0.2) is 0 Å². The molecule has 2 aromatic carbocycles. The number of hydrogen-bond acceptors (Lipinski definition) is 6. The van der Waals surface area contributed by atoms with Crippen LogP contribution in [-0.4, -0.2) is 28.2 Å². The lowest BCUT2D eigenvalue weighted by Gasteiger charge is -2.13. The van der Waals surface area contributed by atoms with E-state index < -0.39 is 0 Å². The fraction of sp³-hybridized carbons (Fsp3) is 0.174. The van der Waals surface area contributed by atoms with Gasteiger partial charge in [-0.1, -0.05) is 54.2 Å². The molecule has 0 aliphatic heterocycles. The number of aromatic nitrogens is 2. The van der Waals surface area contributed by atoms with Gasteiger partial charge in [-0.3, -0.25) is 4.79 Å². The molecule has 30 heavy (non-hydrogen) atoms. The number of benzene rings is 2. The van der Waals surface area contributed by atoms with Gasteiger partial charge in [0.05, 0.1) is 17.7 Å². The highest BCUT2D eigenvalue weighted by atomic mass is 32.2. The van der Waals surface area contributed by atoms with E-state index in [1.54, 1.807) is 24.8 Å². The maximum absolute atomic E-state index is 12.7. The number of amides is 1. The van der Waals surface area contributed by atoms with Crippen molar-refractivity contribution in [3.05, 3.63) is 71.9 Å². The molecule has 0 aliphatic carbocycles. The van der Waals surface area contributed by atoms with Gasteiger partial charge >= 0.3 is 0 Å². The SMILES string of the molecule is COc1ccc(CNC(=O)C(C)Sc2ncnc3scc(-c4ccccc4)c23)cc1. The fourth-order valence-corrected chi connectivity index (χ4v) is 5.00. The van der Waals surface area contributed by atoms with Crippen LogP contribution < -0.4 is 10.1 Å². The zero-order valence-corrected chi connectivity index (χ0v) is 18.3. The van der Waals surface area contributed by atoms with E-state index in [0.717, 1.165) is 37.7 Å². The predicted octanol–water partition coefficient (Wildman–Crippen LogP) is 5.16. The number of nitrogens with one attached hydrogen (secondary N) is 1. The first kappa shape index (κ1) is 20.4. The van der Waals surface area contributed by atoms with E-state index in [9.17, 15) is 4.79 Å². The first-order chi connectivity index (χ1) is 14.7. The Balaban J connectivity index is 1.49. The van der Waals surface area contributed by atoms with E-state index in [-0.39, 0.29) is 11.2 Å². The van der Waals surface area contributed by atoms with Gasteiger partial charge in [0.25, 0.3) is 0 Å². The topological polar surface area (TPSA) is 64.1 Å². The highest BCUT2D eigenvalue weighted by Crippen LogP contribution is 2.38. The summed E-state index contributed by atoms with van der Waals surface area (Å²) in [6.07, 6.45) is 1.57. The van der Waals surface area contributed by atoms with E-state index in [0.29, 0.717) is 6.54 Å². The Bertz CT molecular complexity index is 1140. The smallest absolute Gasteiger partial charge is 0.233 e. The van der Waals surface area contributed by atoms with Crippen molar-refractivity contribution in [3.8, 4) is 16.9 Å². The molecular weight excluding hydrogens is 414 g/mol. The molecule has 2 heterocycles. The first-order valence-electron chi connectivity index (χ1n) is 9.50. The van der Waals surface area contributed by atoms with Gasteiger partial charge in [0.1, 0.15) is 21.9 Å². The summed E-state index contributed by atoms with van der Waals surface area (Å²) in [5, 5.41) is 6.65. The zero-order valence-electron chi connectivity index (χ0n) is 16.7. The van der Waals surface area contributed by atoms with E-state index in [4.69, 9.17) is 4.74 Å². The number of thiophene rings is 1. The molecule has 0 saturated heterocycles. The summed E-state index contributed by atoms with van der Waals surface area (Å²) >= 11 is 3.05. The number of rotatable bonds is 7. The molecule has 0 bridgehead atoms. The number of hydrogen-bond donors (Lipinski definition) is 1. The zero-order chi connectivity index (χ0) is 20.9. The van der Waals surface area contributed by atoms with Gasteiger partial charge in [-0.05, 0) is 30.2 Å². The Morgan fingerprint density at radius 1 is 1.13 bits per heavy atom. The molecule has 1 N–H and O–H groups in total. The third-order valence-corrected chi connectivity index (χ3v) is 6.69. The number of thioether (sulfide) groups is 1. The van der Waals surface area contributed by atoms with Crippen molar-refractivity contribution in [2.24, 2.45) is 0 Å². The number of ether oxygens (including phenoxy) is 1. The molecule has 0 aliphatic rings. The molecule has 2 aromatic heterocycles. The Morgan fingerprint density at radius 3 is 2.63 bits per heavy atom. The number of methoxy groups -OCH3 is 1. The van der Waals surface area contributed by atoms with Crippen LogP contribution in [0.25, 0.3) is 21.3 Å². The molecule has 1 unspecified atom stereocenters. The molecule has 0 radical (unpaired) electrons. The van der Waals surface area contributed by atoms with Crippen molar-refractivity contribution in [3.63, 3.8) is 0 Å². The van der Waals surface area contributed by atoms with Crippen molar-refractivity contribution in [2.45, 2.75) is 23.7 Å². The lowest BCUT2D eigenvalue weighted by atomic mass is 10.1. The van der Waals surface area contributed by atoms with Gasteiger partial charge in [-0.15, -0.1) is 11.3 Å². The molecule has 152 valence electrons. The van der Waals surface area contributed by atoms with Gasteiger partial charge in [-0.25, -0.2) is 9.97 Å². The van der Waals surface area contributed by atoms with Gasteiger partial charge in [-0.2, -0.15) is 0 Å². The van der Waals surface area contributed by atoms with Crippen LogP contribution in [0.2, 0.25) is 0 Å². The van der Waals surface area contributed by atoms with E-state index in [1.807, 2.05) is 49.4 Å². The van der Waals surface area contributed by atoms with Crippen molar-refractivity contribution < 1.29 is 9.53 Å². The minimum atomic E-state index is -0.287. The number of fused-ring (bicyclic) bond motifs is 1. The average Bonchev–Trinajstić information content (AvgIpc) is 3.23. The molecule has 1 atom stereocenters. The Kier molecular flexibility index (Phi) is 6.30. The molecule has 5 nitrogen and oxygen atoms in total. The second-order valence-corrected chi connectivity index (χ2v) is 8.89. The molecule has 0 saturated carbocycles. The van der Waals surface area contributed by atoms with Crippen LogP contribution in [0, 0.1) is 0 Å². The molecule has 0 fully saturated rings. The molecule has 0 spiro atoms. The summed E-state index contributed by atoms with van der Waals surface area (Å²) in [4.78, 5) is 22.5.